The number of benzene rings is 1. The summed E-state index contributed by atoms with van der Waals surface area (Å²) in [6.45, 7) is 3.21. The van der Waals surface area contributed by atoms with Gasteiger partial charge in [0.05, 0.1) is 11.0 Å². The number of esters is 3. The van der Waals surface area contributed by atoms with Gasteiger partial charge in [0.2, 0.25) is 5.28 Å². The minimum atomic E-state index is -1.66. The van der Waals surface area contributed by atoms with Crippen LogP contribution in [0, 0.1) is 0 Å². The number of rotatable bonds is 5. The number of nitrogens with two attached hydrogens (primary N) is 1. The number of hydrogen-bond acceptors (Lipinski definition) is 9. The summed E-state index contributed by atoms with van der Waals surface area (Å²) in [7, 11) is 0. The maximum atomic E-state index is 12.0. The first-order valence-electron chi connectivity index (χ1n) is 8.70. The Labute approximate surface area is 170 Å². The fourth-order valence-corrected chi connectivity index (χ4v) is 3.70. The van der Waals surface area contributed by atoms with Gasteiger partial charge < -0.3 is 24.7 Å². The Bertz CT molecular complexity index is 976. The molecule has 0 spiro atoms. The molecule has 0 saturated carbocycles. The molecule has 0 amide bonds. The Hall–Kier alpha value is -2.85. The van der Waals surface area contributed by atoms with Crippen molar-refractivity contribution in [2.45, 2.75) is 38.7 Å². The maximum Gasteiger partial charge on any atom is 0.304 e. The smallest absolute Gasteiger partial charge is 0.304 e. The summed E-state index contributed by atoms with van der Waals surface area (Å²) in [5, 5.41) is -0.0271. The first-order chi connectivity index (χ1) is 13.6. The summed E-state index contributed by atoms with van der Waals surface area (Å²) in [4.78, 5) is 39.3. The molecule has 1 aromatic heterocycles. The lowest BCUT2D eigenvalue weighted by Gasteiger charge is -2.35. The third-order valence-electron chi connectivity index (χ3n) is 4.37. The molecule has 1 aromatic carbocycles. The second kappa shape index (κ2) is 7.88. The van der Waals surface area contributed by atoms with E-state index >= 15 is 0 Å². The van der Waals surface area contributed by atoms with Crippen LogP contribution in [0.5, 0.6) is 0 Å². The second-order valence-electron chi connectivity index (χ2n) is 6.58. The average Bonchev–Trinajstić information content (AvgIpc) is 3.09. The minimum absolute atomic E-state index is 0.0271. The van der Waals surface area contributed by atoms with Crippen molar-refractivity contribution in [3.8, 4) is 0 Å². The second-order valence-corrected chi connectivity index (χ2v) is 6.92. The summed E-state index contributed by atoms with van der Waals surface area (Å²) in [5.74, 6) is -1.84. The Balaban J connectivity index is 2.17. The highest BCUT2D eigenvalue weighted by atomic mass is 35.5. The maximum absolute atomic E-state index is 12.0. The van der Waals surface area contributed by atoms with Crippen LogP contribution in [0.4, 0.5) is 5.69 Å². The zero-order valence-corrected chi connectivity index (χ0v) is 16.8. The monoisotopic (exact) mass is 425 g/mol. The number of carbonyl (C=O) groups excluding carboxylic acids is 3. The molecule has 3 atom stereocenters. The van der Waals surface area contributed by atoms with Gasteiger partial charge in [0, 0.05) is 26.5 Å². The van der Waals surface area contributed by atoms with Crippen molar-refractivity contribution in [3.05, 3.63) is 23.5 Å². The van der Waals surface area contributed by atoms with Crippen LogP contribution in [0.25, 0.3) is 11.0 Å². The Kier molecular flexibility index (Phi) is 5.67. The van der Waals surface area contributed by atoms with Crippen molar-refractivity contribution in [2.24, 2.45) is 0 Å². The number of hydrogen-bond donors (Lipinski definition) is 1. The van der Waals surface area contributed by atoms with Crippen LogP contribution < -0.4 is 5.73 Å². The number of nitrogens with zero attached hydrogens (tertiary/aromatic N) is 2. The number of halogens is 1. The SMILES string of the molecule is CC(=O)OC[C@H]1OC[C@](OC(C)=O)(n2c(Cl)nc3cc(N)ccc32)[C@@H]1OC(C)=O. The van der Waals surface area contributed by atoms with Crippen molar-refractivity contribution < 1.29 is 33.3 Å². The molecule has 1 aliphatic heterocycles. The van der Waals surface area contributed by atoms with E-state index < -0.39 is 35.8 Å². The van der Waals surface area contributed by atoms with Gasteiger partial charge in [-0.3, -0.25) is 19.0 Å². The quantitative estimate of drug-likeness (QED) is 0.428. The highest BCUT2D eigenvalue weighted by molar-refractivity contribution is 6.29. The fourth-order valence-electron chi connectivity index (χ4n) is 3.37. The molecule has 2 heterocycles. The number of anilines is 1. The van der Waals surface area contributed by atoms with Gasteiger partial charge >= 0.3 is 17.9 Å². The first kappa shape index (κ1) is 20.9. The summed E-state index contributed by atoms with van der Waals surface area (Å²) < 4.78 is 23.3. The Morgan fingerprint density at radius 2 is 2.00 bits per heavy atom. The van der Waals surface area contributed by atoms with Crippen LogP contribution in [-0.4, -0.2) is 52.9 Å². The van der Waals surface area contributed by atoms with E-state index in [0.717, 1.165) is 0 Å². The van der Waals surface area contributed by atoms with Gasteiger partial charge in [0.1, 0.15) is 19.3 Å². The molecular formula is C18H20ClN3O7. The molecule has 2 aromatic rings. The van der Waals surface area contributed by atoms with Gasteiger partial charge in [-0.15, -0.1) is 0 Å². The number of carbonyl (C=O) groups is 3. The van der Waals surface area contributed by atoms with Gasteiger partial charge in [-0.05, 0) is 29.8 Å². The van der Waals surface area contributed by atoms with Crippen LogP contribution in [0.15, 0.2) is 18.2 Å². The van der Waals surface area contributed by atoms with Crippen LogP contribution in [0.1, 0.15) is 20.8 Å². The molecule has 0 aliphatic carbocycles. The molecule has 1 fully saturated rings. The highest BCUT2D eigenvalue weighted by Gasteiger charge is 2.58. The largest absolute Gasteiger partial charge is 0.463 e. The lowest BCUT2D eigenvalue weighted by atomic mass is 10.0. The minimum Gasteiger partial charge on any atom is -0.463 e. The van der Waals surface area contributed by atoms with Crippen molar-refractivity contribution in [1.82, 2.24) is 9.55 Å². The Morgan fingerprint density at radius 1 is 1.28 bits per heavy atom. The third-order valence-corrected chi connectivity index (χ3v) is 4.62. The zero-order valence-electron chi connectivity index (χ0n) is 16.0. The molecule has 0 unspecified atom stereocenters. The molecule has 10 nitrogen and oxygen atoms in total. The summed E-state index contributed by atoms with van der Waals surface area (Å²) in [5.41, 5.74) is 5.55. The van der Waals surface area contributed by atoms with Crippen LogP contribution in [0.3, 0.4) is 0 Å². The number of imidazole rings is 1. The van der Waals surface area contributed by atoms with Gasteiger partial charge in [-0.25, -0.2) is 4.98 Å². The van der Waals surface area contributed by atoms with E-state index in [1.165, 1.54) is 25.3 Å². The van der Waals surface area contributed by atoms with E-state index in [1.807, 2.05) is 0 Å². The fraction of sp³-hybridized carbons (Fsp3) is 0.444. The lowest BCUT2D eigenvalue weighted by molar-refractivity contribution is -0.196. The molecule has 2 N–H and O–H groups in total. The van der Waals surface area contributed by atoms with E-state index in [1.54, 1.807) is 18.2 Å². The predicted molar refractivity (Wildman–Crippen MR) is 101 cm³/mol. The van der Waals surface area contributed by atoms with Crippen LogP contribution in [-0.2, 0) is 39.1 Å². The number of nitrogen functional groups attached to an aromatic ring is 1. The molecule has 29 heavy (non-hydrogen) atoms. The molecular weight excluding hydrogens is 406 g/mol. The summed E-state index contributed by atoms with van der Waals surface area (Å²) >= 11 is 6.39. The summed E-state index contributed by atoms with van der Waals surface area (Å²) in [6, 6.07) is 4.89. The average molecular weight is 426 g/mol. The normalized spacial score (nSPS) is 23.7. The molecule has 11 heteroatoms. The van der Waals surface area contributed by atoms with E-state index in [-0.39, 0.29) is 18.5 Å². The van der Waals surface area contributed by atoms with Crippen LogP contribution in [0.2, 0.25) is 5.28 Å². The van der Waals surface area contributed by atoms with Gasteiger partial charge in [0.25, 0.3) is 5.72 Å². The molecule has 1 saturated heterocycles. The van der Waals surface area contributed by atoms with E-state index in [0.29, 0.717) is 16.7 Å². The standard InChI is InChI=1S/C18H20ClN3O7/c1-9(23)26-7-15-16(28-10(2)24)18(8-27-15,29-11(3)25)22-14-5-4-12(20)6-13(14)21-17(22)19/h4-6,15-16H,7-8,20H2,1-3H3/t15-,16-,18-/m1/s1. The van der Waals surface area contributed by atoms with Crippen molar-refractivity contribution in [1.29, 1.82) is 0 Å². The van der Waals surface area contributed by atoms with E-state index in [4.69, 9.17) is 36.3 Å². The topological polar surface area (TPSA) is 132 Å². The van der Waals surface area contributed by atoms with E-state index in [9.17, 15) is 14.4 Å². The Morgan fingerprint density at radius 3 is 2.62 bits per heavy atom. The molecule has 0 radical (unpaired) electrons. The summed E-state index contributed by atoms with van der Waals surface area (Å²) in [6.07, 6.45) is -2.06. The van der Waals surface area contributed by atoms with E-state index in [2.05, 4.69) is 4.98 Å². The zero-order chi connectivity index (χ0) is 21.3. The molecule has 3 rings (SSSR count). The van der Waals surface area contributed by atoms with Crippen molar-refractivity contribution in [3.63, 3.8) is 0 Å². The van der Waals surface area contributed by atoms with Crippen molar-refractivity contribution >= 4 is 46.2 Å². The van der Waals surface area contributed by atoms with Crippen molar-refractivity contribution in [2.75, 3.05) is 18.9 Å². The first-order valence-corrected chi connectivity index (χ1v) is 9.07. The molecule has 1 aliphatic rings. The van der Waals surface area contributed by atoms with Gasteiger partial charge in [-0.1, -0.05) is 0 Å². The third kappa shape index (κ3) is 3.99. The predicted octanol–water partition coefficient (Wildman–Crippen LogP) is 1.38. The number of aromatic nitrogens is 2. The number of fused-ring (bicyclic) bond motifs is 1. The molecule has 156 valence electrons. The lowest BCUT2D eigenvalue weighted by Crippen LogP contribution is -2.52. The highest BCUT2D eigenvalue weighted by Crippen LogP contribution is 2.41. The van der Waals surface area contributed by atoms with Crippen LogP contribution >= 0.6 is 11.6 Å². The number of ether oxygens (including phenoxy) is 4. The van der Waals surface area contributed by atoms with Gasteiger partial charge in [0.15, 0.2) is 6.10 Å². The van der Waals surface area contributed by atoms with Gasteiger partial charge in [-0.2, -0.15) is 0 Å². The molecule has 0 bridgehead atoms.